The van der Waals surface area contributed by atoms with E-state index in [4.69, 9.17) is 10.5 Å². The zero-order valence-electron chi connectivity index (χ0n) is 22.7. The van der Waals surface area contributed by atoms with Crippen molar-refractivity contribution in [1.82, 2.24) is 19.9 Å². The number of benzene rings is 1. The lowest BCUT2D eigenvalue weighted by atomic mass is 9.98. The largest absolute Gasteiger partial charge is 0.453 e. The number of nitrogens with two attached hydrogens (primary N) is 1. The Morgan fingerprint density at radius 2 is 2.07 bits per heavy atom. The third-order valence-corrected chi connectivity index (χ3v) is 8.66. The third kappa shape index (κ3) is 8.09. The first-order chi connectivity index (χ1) is 19.9. The van der Waals surface area contributed by atoms with Crippen LogP contribution in [0.1, 0.15) is 32.6 Å². The number of nitrogens with one attached hydrogen (secondary N) is 1. The van der Waals surface area contributed by atoms with Crippen LogP contribution >= 0.6 is 32.9 Å². The fraction of sp³-hybridized carbons (Fsp3) is 0.276. The summed E-state index contributed by atoms with van der Waals surface area (Å²) in [5.41, 5.74) is 8.11. The highest BCUT2D eigenvalue weighted by molar-refractivity contribution is 8.12. The van der Waals surface area contributed by atoms with Crippen molar-refractivity contribution in [3.8, 4) is 11.5 Å². The summed E-state index contributed by atoms with van der Waals surface area (Å²) < 4.78 is 10.7. The predicted octanol–water partition coefficient (Wildman–Crippen LogP) is 6.11. The highest BCUT2D eigenvalue weighted by atomic mass is 32.2. The number of hydrogen-bond donors (Lipinski definition) is 2. The van der Waals surface area contributed by atoms with Gasteiger partial charge in [0, 0.05) is 72.6 Å². The van der Waals surface area contributed by atoms with E-state index in [-0.39, 0.29) is 11.1 Å². The summed E-state index contributed by atoms with van der Waals surface area (Å²) in [6.07, 6.45) is 11.3. The fourth-order valence-electron chi connectivity index (χ4n) is 4.57. The smallest absolute Gasteiger partial charge is 0.219 e. The summed E-state index contributed by atoms with van der Waals surface area (Å²) in [5.74, 6) is 2.19. The Morgan fingerprint density at radius 1 is 1.22 bits per heavy atom. The van der Waals surface area contributed by atoms with Crippen molar-refractivity contribution in [2.24, 2.45) is 21.0 Å². The van der Waals surface area contributed by atoms with Gasteiger partial charge in [0.25, 0.3) is 0 Å². The maximum absolute atomic E-state index is 11.7. The van der Waals surface area contributed by atoms with Crippen molar-refractivity contribution in [1.29, 1.82) is 0 Å². The van der Waals surface area contributed by atoms with Gasteiger partial charge in [0.15, 0.2) is 16.7 Å². The molecule has 1 fully saturated rings. The van der Waals surface area contributed by atoms with Gasteiger partial charge in [-0.25, -0.2) is 9.38 Å². The van der Waals surface area contributed by atoms with Crippen LogP contribution in [0.5, 0.6) is 11.5 Å². The quantitative estimate of drug-likeness (QED) is 0.108. The lowest BCUT2D eigenvalue weighted by molar-refractivity contribution is -0.128. The second-order valence-electron chi connectivity index (χ2n) is 9.68. The molecule has 41 heavy (non-hydrogen) atoms. The number of carbonyl (C=O) groups excluding carboxylic acids is 1. The Kier molecular flexibility index (Phi) is 9.92. The summed E-state index contributed by atoms with van der Waals surface area (Å²) in [6, 6.07) is 13.5. The summed E-state index contributed by atoms with van der Waals surface area (Å²) in [6.45, 7) is 3.29. The maximum atomic E-state index is 11.7. The number of aliphatic imine (C=N–C) groups is 1. The zero-order chi connectivity index (χ0) is 28.6. The minimum absolute atomic E-state index is 0.152. The van der Waals surface area contributed by atoms with Crippen molar-refractivity contribution in [2.45, 2.75) is 42.4 Å². The molecule has 3 N–H and O–H groups in total. The Hall–Kier alpha value is -3.40. The molecule has 2 atom stereocenters. The average molecular weight is 606 g/mol. The van der Waals surface area contributed by atoms with E-state index in [1.165, 1.54) is 0 Å². The van der Waals surface area contributed by atoms with Crippen LogP contribution in [0.25, 0.3) is 11.0 Å². The summed E-state index contributed by atoms with van der Waals surface area (Å²) in [4.78, 5) is 32.3. The second kappa shape index (κ2) is 14.0. The van der Waals surface area contributed by atoms with Crippen LogP contribution in [0.2, 0.25) is 0 Å². The summed E-state index contributed by atoms with van der Waals surface area (Å²) >= 11 is 2.68. The van der Waals surface area contributed by atoms with Crippen molar-refractivity contribution < 1.29 is 9.53 Å². The number of aromatic nitrogens is 3. The van der Waals surface area contributed by atoms with E-state index in [2.05, 4.69) is 33.6 Å². The number of pyridine rings is 2. The lowest BCUT2D eigenvalue weighted by Gasteiger charge is -2.17. The Bertz CT molecular complexity index is 1560. The first-order valence-electron chi connectivity index (χ1n) is 13.4. The van der Waals surface area contributed by atoms with Gasteiger partial charge in [-0.2, -0.15) is 4.99 Å². The van der Waals surface area contributed by atoms with Crippen LogP contribution in [0.4, 0.5) is 5.82 Å². The number of rotatable bonds is 8. The number of amides is 1. The van der Waals surface area contributed by atoms with Gasteiger partial charge >= 0.3 is 0 Å². The minimum atomic E-state index is 0.152. The molecule has 1 aliphatic rings. The minimum Gasteiger partial charge on any atom is -0.453 e. The van der Waals surface area contributed by atoms with Crippen LogP contribution in [0.3, 0.4) is 0 Å². The molecular formula is C29H32N7O2PS2. The van der Waals surface area contributed by atoms with E-state index in [0.29, 0.717) is 23.2 Å². The molecule has 1 aromatic carbocycles. The van der Waals surface area contributed by atoms with Crippen molar-refractivity contribution >= 4 is 72.4 Å². The summed E-state index contributed by atoms with van der Waals surface area (Å²) in [7, 11) is 2.67. The molecule has 4 aromatic rings. The molecule has 2 unspecified atom stereocenters. The van der Waals surface area contributed by atoms with Gasteiger partial charge in [0.1, 0.15) is 5.75 Å². The number of fused-ring (bicyclic) bond motifs is 1. The van der Waals surface area contributed by atoms with Crippen molar-refractivity contribution in [3.05, 3.63) is 61.1 Å². The molecule has 0 aliphatic carbocycles. The van der Waals surface area contributed by atoms with Gasteiger partial charge in [0.2, 0.25) is 5.91 Å². The van der Waals surface area contributed by atoms with E-state index >= 15 is 0 Å². The van der Waals surface area contributed by atoms with E-state index in [0.717, 1.165) is 76.8 Å². The second-order valence-corrected chi connectivity index (χ2v) is 12.3. The molecule has 4 heterocycles. The molecule has 5 rings (SSSR count). The molecule has 212 valence electrons. The topological polar surface area (TPSA) is 122 Å². The highest BCUT2D eigenvalue weighted by Crippen LogP contribution is 2.38. The molecule has 1 aliphatic heterocycles. The third-order valence-electron chi connectivity index (χ3n) is 6.72. The Balaban J connectivity index is 1.29. The molecule has 0 radical (unpaired) electrons. The van der Waals surface area contributed by atoms with E-state index in [1.807, 2.05) is 59.8 Å². The number of amidine groups is 1. The predicted molar refractivity (Wildman–Crippen MR) is 172 cm³/mol. The number of likely N-dealkylation sites (tertiary alicyclic amines) is 1. The molecule has 1 amide bonds. The Labute approximate surface area is 250 Å². The van der Waals surface area contributed by atoms with Crippen LogP contribution in [-0.4, -0.2) is 50.2 Å². The van der Waals surface area contributed by atoms with Crippen LogP contribution < -0.4 is 15.8 Å². The number of H-pyrrole nitrogens is 1. The van der Waals surface area contributed by atoms with E-state index < -0.39 is 0 Å². The standard InChI is InChI=1S/C29H32N7O2PS2/c1-19(37)36-15-2-3-20(11-16-36)8-14-34-41-29(30)35-28-25(38-21-4-6-22(39)7-5-21)17-23(18-33-28)40-26-10-13-31-24-9-12-32-27(24)26/h4-7,9-10,12-14,17-18,20,32H,2-3,8,11,15-16,39H2,1H3,(H2,30,33,35)/b34-14+. The molecule has 0 bridgehead atoms. The van der Waals surface area contributed by atoms with E-state index in [1.54, 1.807) is 31.1 Å². The SMILES string of the molecule is CC(=O)N1CCCC(C/C=N/S/C(N)=N\c2ncc(Sc3ccnc4cc[nH]c34)cc2Oc2ccc(P)cc2)CC1. The Morgan fingerprint density at radius 3 is 2.90 bits per heavy atom. The van der Waals surface area contributed by atoms with Gasteiger partial charge in [0.05, 0.1) is 11.0 Å². The number of hydrogen-bond acceptors (Lipinski definition) is 8. The van der Waals surface area contributed by atoms with Gasteiger partial charge in [-0.3, -0.25) is 9.78 Å². The molecular weight excluding hydrogens is 573 g/mol. The van der Waals surface area contributed by atoms with Gasteiger partial charge in [-0.15, -0.1) is 9.24 Å². The number of aromatic amines is 1. The molecule has 0 spiro atoms. The van der Waals surface area contributed by atoms with Crippen molar-refractivity contribution in [3.63, 3.8) is 0 Å². The molecule has 0 saturated carbocycles. The van der Waals surface area contributed by atoms with Crippen LogP contribution in [-0.2, 0) is 4.79 Å². The number of nitrogens with zero attached hydrogens (tertiary/aromatic N) is 5. The summed E-state index contributed by atoms with van der Waals surface area (Å²) in [5, 5.41) is 1.33. The van der Waals surface area contributed by atoms with Crippen molar-refractivity contribution in [2.75, 3.05) is 13.1 Å². The first-order valence-corrected chi connectivity index (χ1v) is 15.5. The molecule has 12 heteroatoms. The van der Waals surface area contributed by atoms with Gasteiger partial charge in [-0.05, 0) is 61.2 Å². The zero-order valence-corrected chi connectivity index (χ0v) is 25.5. The molecule has 3 aromatic heterocycles. The molecule has 9 nitrogen and oxygen atoms in total. The first kappa shape index (κ1) is 29.1. The normalized spacial score (nSPS) is 16.3. The average Bonchev–Trinajstić information content (AvgIpc) is 3.32. The van der Waals surface area contributed by atoms with Gasteiger partial charge in [-0.1, -0.05) is 23.9 Å². The van der Waals surface area contributed by atoms with Gasteiger partial charge < -0.3 is 20.4 Å². The fourth-order valence-corrected chi connectivity index (χ4v) is 6.08. The number of ether oxygens (including phenoxy) is 1. The highest BCUT2D eigenvalue weighted by Gasteiger charge is 2.18. The van der Waals surface area contributed by atoms with Crippen LogP contribution in [0.15, 0.2) is 80.2 Å². The molecule has 1 saturated heterocycles. The number of carbonyl (C=O) groups is 1. The lowest BCUT2D eigenvalue weighted by Crippen LogP contribution is -2.29. The monoisotopic (exact) mass is 605 g/mol. The van der Waals surface area contributed by atoms with Crippen LogP contribution in [0, 0.1) is 5.92 Å². The maximum Gasteiger partial charge on any atom is 0.219 e. The van der Waals surface area contributed by atoms with E-state index in [9.17, 15) is 4.79 Å².